The summed E-state index contributed by atoms with van der Waals surface area (Å²) < 4.78 is 0. The zero-order valence-electron chi connectivity index (χ0n) is 12.7. The number of aromatic nitrogens is 1. The predicted molar refractivity (Wildman–Crippen MR) is 80.8 cm³/mol. The van der Waals surface area contributed by atoms with Crippen LogP contribution in [0.1, 0.15) is 49.2 Å². The largest absolute Gasteiger partial charge is 0.350 e. The Morgan fingerprint density at radius 3 is 2.95 bits per heavy atom. The molecule has 0 saturated carbocycles. The van der Waals surface area contributed by atoms with E-state index in [-0.39, 0.29) is 5.91 Å². The van der Waals surface area contributed by atoms with Gasteiger partial charge in [-0.05, 0) is 52.3 Å². The van der Waals surface area contributed by atoms with Crippen molar-refractivity contribution < 1.29 is 4.79 Å². The molecule has 0 spiro atoms. The van der Waals surface area contributed by atoms with Gasteiger partial charge in [-0.1, -0.05) is 6.42 Å². The van der Waals surface area contributed by atoms with E-state index in [0.717, 1.165) is 12.2 Å². The van der Waals surface area contributed by atoms with Crippen molar-refractivity contribution in [3.8, 4) is 0 Å². The van der Waals surface area contributed by atoms with Gasteiger partial charge >= 0.3 is 0 Å². The van der Waals surface area contributed by atoms with Crippen molar-refractivity contribution in [2.24, 2.45) is 0 Å². The van der Waals surface area contributed by atoms with Gasteiger partial charge in [0.25, 0.3) is 5.91 Å². The Morgan fingerprint density at radius 1 is 1.50 bits per heavy atom. The molecule has 1 aliphatic rings. The molecule has 1 saturated heterocycles. The van der Waals surface area contributed by atoms with Crippen LogP contribution in [0.3, 0.4) is 0 Å². The molecule has 1 aliphatic heterocycles. The summed E-state index contributed by atoms with van der Waals surface area (Å²) in [6.45, 7) is 8.22. The van der Waals surface area contributed by atoms with Gasteiger partial charge in [0.05, 0.1) is 5.56 Å². The third-order valence-electron chi connectivity index (χ3n) is 4.15. The van der Waals surface area contributed by atoms with Gasteiger partial charge in [0, 0.05) is 30.5 Å². The number of amides is 1. The molecule has 1 fully saturated rings. The number of aryl methyl sites for hydroxylation is 1. The molecule has 0 radical (unpaired) electrons. The topological polar surface area (TPSA) is 45.2 Å². The third kappa shape index (κ3) is 3.79. The molecular weight excluding hydrogens is 250 g/mol. The van der Waals surface area contributed by atoms with Crippen molar-refractivity contribution in [2.45, 2.75) is 52.1 Å². The van der Waals surface area contributed by atoms with Gasteiger partial charge in [0.15, 0.2) is 0 Å². The normalized spacial score (nSPS) is 21.4. The van der Waals surface area contributed by atoms with Crippen LogP contribution in [0.5, 0.6) is 0 Å². The molecule has 110 valence electrons. The summed E-state index contributed by atoms with van der Waals surface area (Å²) in [5.74, 6) is -0.0333. The number of piperidine rings is 1. The fraction of sp³-hybridized carbons (Fsp3) is 0.625. The maximum absolute atomic E-state index is 12.1. The van der Waals surface area contributed by atoms with Crippen molar-refractivity contribution in [1.29, 1.82) is 0 Å². The van der Waals surface area contributed by atoms with Crippen LogP contribution in [0.2, 0.25) is 0 Å². The summed E-state index contributed by atoms with van der Waals surface area (Å²) in [5.41, 5.74) is 1.56. The first-order chi connectivity index (χ1) is 9.58. The van der Waals surface area contributed by atoms with E-state index in [1.165, 1.54) is 19.3 Å². The summed E-state index contributed by atoms with van der Waals surface area (Å²) in [6.07, 6.45) is 5.50. The van der Waals surface area contributed by atoms with Crippen LogP contribution < -0.4 is 5.32 Å². The minimum absolute atomic E-state index is 0.0333. The predicted octanol–water partition coefficient (Wildman–Crippen LogP) is 2.38. The summed E-state index contributed by atoms with van der Waals surface area (Å²) in [4.78, 5) is 18.7. The summed E-state index contributed by atoms with van der Waals surface area (Å²) in [6, 6.07) is 4.70. The molecule has 0 bridgehead atoms. The average molecular weight is 275 g/mol. The molecule has 4 heteroatoms. The number of rotatable bonds is 4. The van der Waals surface area contributed by atoms with E-state index >= 15 is 0 Å². The summed E-state index contributed by atoms with van der Waals surface area (Å²) in [5, 5.41) is 3.02. The van der Waals surface area contributed by atoms with Gasteiger partial charge in [-0.2, -0.15) is 0 Å². The molecule has 1 aromatic rings. The van der Waals surface area contributed by atoms with Gasteiger partial charge in [-0.3, -0.25) is 14.7 Å². The Balaban J connectivity index is 1.84. The highest BCUT2D eigenvalue weighted by Gasteiger charge is 2.23. The van der Waals surface area contributed by atoms with Crippen LogP contribution in [0.25, 0.3) is 0 Å². The standard InChI is InChI=1S/C16H25N3O/c1-12-7-8-15(11-17-12)16(20)18-10-14(3)19-9-5-4-6-13(19)2/h7-8,11,13-14H,4-6,9-10H2,1-3H3,(H,18,20)/t13-,14-/m0/s1. The van der Waals surface area contributed by atoms with Crippen LogP contribution >= 0.6 is 0 Å². The van der Waals surface area contributed by atoms with Crippen molar-refractivity contribution in [3.05, 3.63) is 29.6 Å². The lowest BCUT2D eigenvalue weighted by molar-refractivity contribution is 0.0886. The lowest BCUT2D eigenvalue weighted by atomic mass is 10.0. The quantitative estimate of drug-likeness (QED) is 0.917. The Kier molecular flexibility index (Phi) is 5.12. The first-order valence-corrected chi connectivity index (χ1v) is 7.54. The van der Waals surface area contributed by atoms with Crippen LogP contribution in [-0.4, -0.2) is 41.0 Å². The smallest absolute Gasteiger partial charge is 0.252 e. The minimum atomic E-state index is -0.0333. The average Bonchev–Trinajstić information content (AvgIpc) is 2.45. The molecule has 4 nitrogen and oxygen atoms in total. The first-order valence-electron chi connectivity index (χ1n) is 7.54. The number of nitrogens with zero attached hydrogens (tertiary/aromatic N) is 2. The molecule has 0 unspecified atom stereocenters. The van der Waals surface area contributed by atoms with E-state index in [1.54, 1.807) is 6.20 Å². The van der Waals surface area contributed by atoms with Crippen molar-refractivity contribution in [3.63, 3.8) is 0 Å². The Hall–Kier alpha value is -1.42. The van der Waals surface area contributed by atoms with Gasteiger partial charge in [0.2, 0.25) is 0 Å². The van der Waals surface area contributed by atoms with Gasteiger partial charge in [-0.25, -0.2) is 0 Å². The Bertz CT molecular complexity index is 444. The molecular formula is C16H25N3O. The highest BCUT2D eigenvalue weighted by molar-refractivity contribution is 5.93. The molecule has 0 aromatic carbocycles. The highest BCUT2D eigenvalue weighted by Crippen LogP contribution is 2.18. The molecule has 2 heterocycles. The first kappa shape index (κ1) is 15.0. The number of pyridine rings is 1. The second kappa shape index (κ2) is 6.84. The van der Waals surface area contributed by atoms with Crippen molar-refractivity contribution >= 4 is 5.91 Å². The van der Waals surface area contributed by atoms with Crippen LogP contribution in [0, 0.1) is 6.92 Å². The van der Waals surface area contributed by atoms with E-state index in [2.05, 4.69) is 29.0 Å². The highest BCUT2D eigenvalue weighted by atomic mass is 16.1. The maximum atomic E-state index is 12.1. The van der Waals surface area contributed by atoms with Crippen LogP contribution in [-0.2, 0) is 0 Å². The zero-order chi connectivity index (χ0) is 14.5. The molecule has 1 amide bonds. The van der Waals surface area contributed by atoms with Crippen molar-refractivity contribution in [1.82, 2.24) is 15.2 Å². The number of nitrogens with one attached hydrogen (secondary N) is 1. The van der Waals surface area contributed by atoms with Gasteiger partial charge in [-0.15, -0.1) is 0 Å². The molecule has 2 rings (SSSR count). The SMILES string of the molecule is Cc1ccc(C(=O)NC[C@H](C)N2CCCC[C@@H]2C)cn1. The zero-order valence-corrected chi connectivity index (χ0v) is 12.7. The fourth-order valence-corrected chi connectivity index (χ4v) is 2.84. The second-order valence-corrected chi connectivity index (χ2v) is 5.83. The van der Waals surface area contributed by atoms with E-state index in [1.807, 2.05) is 19.1 Å². The minimum Gasteiger partial charge on any atom is -0.350 e. The van der Waals surface area contributed by atoms with Gasteiger partial charge in [0.1, 0.15) is 0 Å². The monoisotopic (exact) mass is 275 g/mol. The Labute approximate surface area is 121 Å². The maximum Gasteiger partial charge on any atom is 0.252 e. The number of hydrogen-bond donors (Lipinski definition) is 1. The lowest BCUT2D eigenvalue weighted by Crippen LogP contribution is -2.48. The number of carbonyl (C=O) groups excluding carboxylic acids is 1. The third-order valence-corrected chi connectivity index (χ3v) is 4.15. The van der Waals surface area contributed by atoms with E-state index < -0.39 is 0 Å². The van der Waals surface area contributed by atoms with Crippen LogP contribution in [0.15, 0.2) is 18.3 Å². The Morgan fingerprint density at radius 2 is 2.30 bits per heavy atom. The van der Waals surface area contributed by atoms with Crippen LogP contribution in [0.4, 0.5) is 0 Å². The molecule has 1 aromatic heterocycles. The number of carbonyl (C=O) groups is 1. The van der Waals surface area contributed by atoms with E-state index in [9.17, 15) is 4.79 Å². The molecule has 2 atom stereocenters. The summed E-state index contributed by atoms with van der Waals surface area (Å²) in [7, 11) is 0. The van der Waals surface area contributed by atoms with Crippen molar-refractivity contribution in [2.75, 3.05) is 13.1 Å². The molecule has 20 heavy (non-hydrogen) atoms. The number of hydrogen-bond acceptors (Lipinski definition) is 3. The fourth-order valence-electron chi connectivity index (χ4n) is 2.84. The molecule has 1 N–H and O–H groups in total. The second-order valence-electron chi connectivity index (χ2n) is 5.83. The number of likely N-dealkylation sites (tertiary alicyclic amines) is 1. The van der Waals surface area contributed by atoms with E-state index in [4.69, 9.17) is 0 Å². The lowest BCUT2D eigenvalue weighted by Gasteiger charge is -2.38. The van der Waals surface area contributed by atoms with E-state index in [0.29, 0.717) is 24.2 Å². The van der Waals surface area contributed by atoms with Gasteiger partial charge < -0.3 is 5.32 Å². The molecule has 0 aliphatic carbocycles. The summed E-state index contributed by atoms with van der Waals surface area (Å²) >= 11 is 0.